The summed E-state index contributed by atoms with van der Waals surface area (Å²) in [5.41, 5.74) is -0.102. The lowest BCUT2D eigenvalue weighted by Crippen LogP contribution is -2.16. The number of carbonyl (C=O) groups excluding carboxylic acids is 1. The Balaban J connectivity index is 2.63. The van der Waals surface area contributed by atoms with Gasteiger partial charge in [-0.25, -0.2) is 4.39 Å². The molecule has 1 rings (SSSR count). The van der Waals surface area contributed by atoms with Gasteiger partial charge in [0.25, 0.3) is 0 Å². The fourth-order valence-corrected chi connectivity index (χ4v) is 1.41. The van der Waals surface area contributed by atoms with Crippen LogP contribution in [0.25, 0.3) is 0 Å². The van der Waals surface area contributed by atoms with Crippen molar-refractivity contribution in [1.29, 1.82) is 0 Å². The number of amides is 1. The summed E-state index contributed by atoms with van der Waals surface area (Å²) in [4.78, 5) is 21.6. The van der Waals surface area contributed by atoms with E-state index in [1.165, 1.54) is 6.07 Å². The Kier molecular flexibility index (Phi) is 5.06. The van der Waals surface area contributed by atoms with Crippen molar-refractivity contribution in [1.82, 2.24) is 0 Å². The van der Waals surface area contributed by atoms with E-state index < -0.39 is 43.1 Å². The number of hydrogen-bond acceptors (Lipinski definition) is 2. The van der Waals surface area contributed by atoms with Crippen LogP contribution in [-0.4, -0.2) is 23.2 Å². The van der Waals surface area contributed by atoms with Crippen LogP contribution in [0.4, 0.5) is 23.2 Å². The summed E-state index contributed by atoms with van der Waals surface area (Å²) in [5, 5.41) is 10.6. The number of carbonyl (C=O) groups is 2. The van der Waals surface area contributed by atoms with Crippen molar-refractivity contribution in [3.05, 3.63) is 29.6 Å². The van der Waals surface area contributed by atoms with Crippen molar-refractivity contribution in [2.75, 3.05) is 5.32 Å². The molecule has 4 nitrogen and oxygen atoms in total. The van der Waals surface area contributed by atoms with Crippen molar-refractivity contribution < 1.29 is 32.3 Å². The third-order valence-electron chi connectivity index (χ3n) is 2.31. The van der Waals surface area contributed by atoms with Crippen LogP contribution in [0.1, 0.15) is 18.4 Å². The lowest BCUT2D eigenvalue weighted by Gasteiger charge is -2.08. The number of alkyl halides is 3. The largest absolute Gasteiger partial charge is 0.481 e. The van der Waals surface area contributed by atoms with E-state index in [-0.39, 0.29) is 11.3 Å². The lowest BCUT2D eigenvalue weighted by atomic mass is 10.1. The third kappa shape index (κ3) is 5.68. The molecule has 20 heavy (non-hydrogen) atoms. The molecule has 0 heterocycles. The van der Waals surface area contributed by atoms with Crippen LogP contribution in [0, 0.1) is 5.82 Å². The average molecular weight is 293 g/mol. The van der Waals surface area contributed by atoms with Crippen LogP contribution in [-0.2, 0) is 16.0 Å². The molecule has 1 aromatic rings. The standard InChI is InChI=1S/C12H11F4NO3/c13-9-6-8(2-1-7(9)5-11(19)20)17-10(18)3-4-12(14,15)16/h1-2,6H,3-5H2,(H,17,18)(H,19,20). The SMILES string of the molecule is O=C(O)Cc1ccc(NC(=O)CCC(F)(F)F)cc1F. The number of halogens is 4. The van der Waals surface area contributed by atoms with Gasteiger partial charge < -0.3 is 10.4 Å². The molecule has 0 radical (unpaired) electrons. The molecule has 1 amide bonds. The zero-order valence-corrected chi connectivity index (χ0v) is 10.1. The Bertz CT molecular complexity index is 514. The predicted octanol–water partition coefficient (Wildman–Crippen LogP) is 2.73. The fourth-order valence-electron chi connectivity index (χ4n) is 1.41. The topological polar surface area (TPSA) is 66.4 Å². The Morgan fingerprint density at radius 2 is 1.90 bits per heavy atom. The first-order chi connectivity index (χ1) is 9.17. The van der Waals surface area contributed by atoms with Gasteiger partial charge in [-0.2, -0.15) is 13.2 Å². The molecule has 0 fully saturated rings. The van der Waals surface area contributed by atoms with E-state index in [9.17, 15) is 27.2 Å². The van der Waals surface area contributed by atoms with E-state index in [4.69, 9.17) is 5.11 Å². The quantitative estimate of drug-likeness (QED) is 0.820. The molecule has 0 spiro atoms. The van der Waals surface area contributed by atoms with E-state index in [0.717, 1.165) is 12.1 Å². The summed E-state index contributed by atoms with van der Waals surface area (Å²) in [6.45, 7) is 0. The van der Waals surface area contributed by atoms with E-state index in [2.05, 4.69) is 5.32 Å². The molecule has 0 atom stereocenters. The van der Waals surface area contributed by atoms with Crippen LogP contribution < -0.4 is 5.32 Å². The van der Waals surface area contributed by atoms with E-state index in [0.29, 0.717) is 0 Å². The number of nitrogens with one attached hydrogen (secondary N) is 1. The Hall–Kier alpha value is -2.12. The first-order valence-electron chi connectivity index (χ1n) is 5.54. The van der Waals surface area contributed by atoms with Gasteiger partial charge in [0.2, 0.25) is 5.91 Å². The van der Waals surface area contributed by atoms with Gasteiger partial charge in [0.1, 0.15) is 5.82 Å². The molecule has 0 aliphatic carbocycles. The molecule has 2 N–H and O–H groups in total. The zero-order valence-electron chi connectivity index (χ0n) is 10.1. The van der Waals surface area contributed by atoms with Gasteiger partial charge in [-0.05, 0) is 17.7 Å². The summed E-state index contributed by atoms with van der Waals surface area (Å²) < 4.78 is 49.1. The molecule has 0 bridgehead atoms. The van der Waals surface area contributed by atoms with Gasteiger partial charge in [0.05, 0.1) is 12.8 Å². The minimum Gasteiger partial charge on any atom is -0.481 e. The highest BCUT2D eigenvalue weighted by Gasteiger charge is 2.27. The highest BCUT2D eigenvalue weighted by Crippen LogP contribution is 2.22. The van der Waals surface area contributed by atoms with Crippen molar-refractivity contribution in [3.63, 3.8) is 0 Å². The van der Waals surface area contributed by atoms with Gasteiger partial charge in [-0.1, -0.05) is 6.07 Å². The van der Waals surface area contributed by atoms with Gasteiger partial charge in [0.15, 0.2) is 0 Å². The number of benzene rings is 1. The van der Waals surface area contributed by atoms with Crippen molar-refractivity contribution in [2.24, 2.45) is 0 Å². The normalized spacial score (nSPS) is 11.2. The smallest absolute Gasteiger partial charge is 0.389 e. The monoisotopic (exact) mass is 293 g/mol. The molecule has 0 aromatic heterocycles. The number of carboxylic acid groups (broad SMARTS) is 1. The van der Waals surface area contributed by atoms with Crippen LogP contribution in [0.3, 0.4) is 0 Å². The minimum absolute atomic E-state index is 0.0242. The van der Waals surface area contributed by atoms with Crippen LogP contribution in [0.5, 0.6) is 0 Å². The first kappa shape index (κ1) is 15.9. The van der Waals surface area contributed by atoms with Crippen molar-refractivity contribution >= 4 is 17.6 Å². The Morgan fingerprint density at radius 1 is 1.25 bits per heavy atom. The molecule has 0 unspecified atom stereocenters. The highest BCUT2D eigenvalue weighted by molar-refractivity contribution is 5.90. The second-order valence-electron chi connectivity index (χ2n) is 4.04. The summed E-state index contributed by atoms with van der Waals surface area (Å²) in [6.07, 6.45) is -6.98. The molecular formula is C12H11F4NO3. The van der Waals surface area contributed by atoms with Gasteiger partial charge >= 0.3 is 12.1 Å². The van der Waals surface area contributed by atoms with Crippen molar-refractivity contribution in [3.8, 4) is 0 Å². The maximum Gasteiger partial charge on any atom is 0.389 e. The molecule has 0 aliphatic rings. The zero-order chi connectivity index (χ0) is 15.3. The first-order valence-corrected chi connectivity index (χ1v) is 5.54. The molecule has 1 aromatic carbocycles. The van der Waals surface area contributed by atoms with E-state index in [1.54, 1.807) is 0 Å². The molecule has 0 saturated carbocycles. The summed E-state index contributed by atoms with van der Waals surface area (Å²) >= 11 is 0. The van der Waals surface area contributed by atoms with Crippen LogP contribution >= 0.6 is 0 Å². The average Bonchev–Trinajstić information content (AvgIpc) is 2.29. The lowest BCUT2D eigenvalue weighted by molar-refractivity contribution is -0.142. The molecule has 0 aliphatic heterocycles. The predicted molar refractivity (Wildman–Crippen MR) is 61.7 cm³/mol. The minimum atomic E-state index is -4.44. The van der Waals surface area contributed by atoms with Crippen LogP contribution in [0.15, 0.2) is 18.2 Å². The number of hydrogen-bond donors (Lipinski definition) is 2. The number of carboxylic acids is 1. The van der Waals surface area contributed by atoms with Gasteiger partial charge in [0, 0.05) is 12.1 Å². The Labute approximate surface area is 111 Å². The molecule has 110 valence electrons. The number of rotatable bonds is 5. The fraction of sp³-hybridized carbons (Fsp3) is 0.333. The van der Waals surface area contributed by atoms with Gasteiger partial charge in [-0.3, -0.25) is 9.59 Å². The highest BCUT2D eigenvalue weighted by atomic mass is 19.4. The molecule has 8 heteroatoms. The number of anilines is 1. The van der Waals surface area contributed by atoms with E-state index >= 15 is 0 Å². The Morgan fingerprint density at radius 3 is 2.40 bits per heavy atom. The van der Waals surface area contributed by atoms with E-state index in [1.807, 2.05) is 0 Å². The third-order valence-corrected chi connectivity index (χ3v) is 2.31. The summed E-state index contributed by atoms with van der Waals surface area (Å²) in [7, 11) is 0. The number of aliphatic carboxylic acids is 1. The molecule has 0 saturated heterocycles. The second kappa shape index (κ2) is 6.36. The second-order valence-corrected chi connectivity index (χ2v) is 4.04. The molecular weight excluding hydrogens is 282 g/mol. The summed E-state index contributed by atoms with van der Waals surface area (Å²) in [5.74, 6) is -2.96. The van der Waals surface area contributed by atoms with Crippen molar-refractivity contribution in [2.45, 2.75) is 25.4 Å². The van der Waals surface area contributed by atoms with Crippen LogP contribution in [0.2, 0.25) is 0 Å². The van der Waals surface area contributed by atoms with Gasteiger partial charge in [-0.15, -0.1) is 0 Å². The summed E-state index contributed by atoms with van der Waals surface area (Å²) in [6, 6.07) is 3.25. The maximum absolute atomic E-state index is 13.4. The maximum atomic E-state index is 13.4.